The predicted molar refractivity (Wildman–Crippen MR) is 33.6 cm³/mol. The van der Waals surface area contributed by atoms with Crippen LogP contribution in [0.4, 0.5) is 0 Å². The molecule has 0 heterocycles. The van der Waals surface area contributed by atoms with Gasteiger partial charge in [0, 0.05) is 11.8 Å². The number of nitrogens with two attached hydrogens (primary N) is 1. The molecule has 0 atom stereocenters. The lowest BCUT2D eigenvalue weighted by molar-refractivity contribution is -0.136. The quantitative estimate of drug-likeness (QED) is 0.290. The molecule has 0 saturated carbocycles. The zero-order valence-electron chi connectivity index (χ0n) is 5.51. The molecule has 0 aromatic heterocycles. The average Bonchev–Trinajstić information content (AvgIpc) is 1.85. The molecule has 54 valence electrons. The molecular formula is C6H7NO3. The molecule has 0 rings (SSSR count). The summed E-state index contributed by atoms with van der Waals surface area (Å²) in [5.41, 5.74) is 4.62. The lowest BCUT2D eigenvalue weighted by Gasteiger charge is -1.89. The van der Waals surface area contributed by atoms with Gasteiger partial charge in [-0.05, 0) is 6.92 Å². The molecule has 0 saturated heterocycles. The first-order valence-corrected chi connectivity index (χ1v) is 2.65. The Morgan fingerprint density at radius 2 is 2.10 bits per heavy atom. The van der Waals surface area contributed by atoms with Crippen molar-refractivity contribution in [2.45, 2.75) is 6.92 Å². The van der Waals surface area contributed by atoms with E-state index in [9.17, 15) is 9.59 Å². The Kier molecular flexibility index (Phi) is 3.73. The number of primary amides is 1. The van der Waals surface area contributed by atoms with Crippen molar-refractivity contribution in [3.05, 3.63) is 0 Å². The van der Waals surface area contributed by atoms with Gasteiger partial charge in [0.15, 0.2) is 0 Å². The fourth-order valence-electron chi connectivity index (χ4n) is 0.280. The van der Waals surface area contributed by atoms with E-state index in [0.29, 0.717) is 0 Å². The summed E-state index contributed by atoms with van der Waals surface area (Å²) in [6.07, 6.45) is 0. The first-order chi connectivity index (χ1) is 4.66. The van der Waals surface area contributed by atoms with E-state index < -0.39 is 11.9 Å². The minimum atomic E-state index is -0.840. The number of rotatable bonds is 1. The molecule has 0 radical (unpaired) electrons. The van der Waals surface area contributed by atoms with Crippen LogP contribution in [0.5, 0.6) is 0 Å². The van der Waals surface area contributed by atoms with Gasteiger partial charge in [0.05, 0.1) is 6.61 Å². The third-order valence-corrected chi connectivity index (χ3v) is 0.563. The summed E-state index contributed by atoms with van der Waals surface area (Å²) in [5, 5.41) is 0. The maximum Gasteiger partial charge on any atom is 0.384 e. The van der Waals surface area contributed by atoms with Crippen LogP contribution in [0.15, 0.2) is 0 Å². The second kappa shape index (κ2) is 4.39. The van der Waals surface area contributed by atoms with Crippen molar-refractivity contribution in [3.8, 4) is 11.8 Å². The number of hydrogen-bond acceptors (Lipinski definition) is 3. The van der Waals surface area contributed by atoms with Gasteiger partial charge in [0.1, 0.15) is 0 Å². The monoisotopic (exact) mass is 141 g/mol. The molecule has 1 amide bonds. The van der Waals surface area contributed by atoms with Crippen molar-refractivity contribution in [3.63, 3.8) is 0 Å². The zero-order chi connectivity index (χ0) is 7.98. The highest BCUT2D eigenvalue weighted by Gasteiger charge is 1.92. The second-order valence-corrected chi connectivity index (χ2v) is 1.33. The van der Waals surface area contributed by atoms with Gasteiger partial charge in [-0.2, -0.15) is 0 Å². The minimum Gasteiger partial charge on any atom is -0.456 e. The molecule has 0 aromatic rings. The van der Waals surface area contributed by atoms with Gasteiger partial charge in [0.25, 0.3) is 5.91 Å². The molecule has 0 aliphatic heterocycles. The first kappa shape index (κ1) is 8.50. The smallest absolute Gasteiger partial charge is 0.384 e. The summed E-state index contributed by atoms with van der Waals surface area (Å²) < 4.78 is 4.37. The van der Waals surface area contributed by atoms with E-state index in [-0.39, 0.29) is 6.61 Å². The van der Waals surface area contributed by atoms with Crippen LogP contribution in [-0.4, -0.2) is 18.5 Å². The zero-order valence-corrected chi connectivity index (χ0v) is 5.51. The van der Waals surface area contributed by atoms with E-state index in [1.807, 2.05) is 11.8 Å². The Morgan fingerprint density at radius 3 is 2.50 bits per heavy atom. The predicted octanol–water partition coefficient (Wildman–Crippen LogP) is -0.962. The fraction of sp³-hybridized carbons (Fsp3) is 0.333. The Balaban J connectivity index is 3.81. The normalized spacial score (nSPS) is 7.30. The molecule has 0 aromatic carbocycles. The third-order valence-electron chi connectivity index (χ3n) is 0.563. The summed E-state index contributed by atoms with van der Waals surface area (Å²) in [7, 11) is 0. The van der Waals surface area contributed by atoms with Crippen LogP contribution in [0.3, 0.4) is 0 Å². The van der Waals surface area contributed by atoms with Gasteiger partial charge < -0.3 is 10.5 Å². The van der Waals surface area contributed by atoms with Crippen LogP contribution in [0.25, 0.3) is 0 Å². The second-order valence-electron chi connectivity index (χ2n) is 1.33. The van der Waals surface area contributed by atoms with Crippen molar-refractivity contribution in [1.82, 2.24) is 0 Å². The lowest BCUT2D eigenvalue weighted by atomic mass is 10.5. The van der Waals surface area contributed by atoms with Crippen LogP contribution in [0.1, 0.15) is 6.92 Å². The summed E-state index contributed by atoms with van der Waals surface area (Å²) in [4.78, 5) is 20.3. The van der Waals surface area contributed by atoms with Crippen molar-refractivity contribution in [1.29, 1.82) is 0 Å². The molecule has 10 heavy (non-hydrogen) atoms. The summed E-state index contributed by atoms with van der Waals surface area (Å²) in [6, 6.07) is 0. The van der Waals surface area contributed by atoms with Crippen molar-refractivity contribution < 1.29 is 14.3 Å². The molecule has 2 N–H and O–H groups in total. The molecule has 0 aliphatic carbocycles. The van der Waals surface area contributed by atoms with Gasteiger partial charge in [0.2, 0.25) is 0 Å². The standard InChI is InChI=1S/C6H7NO3/c1-2-10-6(9)4-3-5(7)8/h2H2,1H3,(H2,7,8). The van der Waals surface area contributed by atoms with E-state index in [4.69, 9.17) is 0 Å². The molecule has 4 nitrogen and oxygen atoms in total. The number of ether oxygens (including phenoxy) is 1. The fourth-order valence-corrected chi connectivity index (χ4v) is 0.280. The number of amides is 1. The van der Waals surface area contributed by atoms with Crippen LogP contribution in [-0.2, 0) is 14.3 Å². The van der Waals surface area contributed by atoms with Crippen LogP contribution >= 0.6 is 0 Å². The maximum atomic E-state index is 10.3. The first-order valence-electron chi connectivity index (χ1n) is 2.65. The topological polar surface area (TPSA) is 69.4 Å². The van der Waals surface area contributed by atoms with Crippen LogP contribution in [0.2, 0.25) is 0 Å². The minimum absolute atomic E-state index is 0.242. The van der Waals surface area contributed by atoms with E-state index >= 15 is 0 Å². The van der Waals surface area contributed by atoms with Gasteiger partial charge in [-0.3, -0.25) is 4.79 Å². The largest absolute Gasteiger partial charge is 0.456 e. The molecule has 0 bridgehead atoms. The number of esters is 1. The van der Waals surface area contributed by atoms with Crippen molar-refractivity contribution >= 4 is 11.9 Å². The molecule has 0 spiro atoms. The Labute approximate surface area is 58.3 Å². The van der Waals surface area contributed by atoms with Gasteiger partial charge in [-0.1, -0.05) is 0 Å². The summed E-state index contributed by atoms with van der Waals surface area (Å²) in [5.74, 6) is 2.17. The van der Waals surface area contributed by atoms with Gasteiger partial charge in [-0.15, -0.1) is 0 Å². The average molecular weight is 141 g/mol. The highest BCUT2D eigenvalue weighted by molar-refractivity contribution is 5.99. The van der Waals surface area contributed by atoms with Gasteiger partial charge in [-0.25, -0.2) is 4.79 Å². The van der Waals surface area contributed by atoms with Crippen molar-refractivity contribution in [2.75, 3.05) is 6.61 Å². The van der Waals surface area contributed by atoms with Gasteiger partial charge >= 0.3 is 5.97 Å². The number of carbonyl (C=O) groups excluding carboxylic acids is 2. The van der Waals surface area contributed by atoms with E-state index in [2.05, 4.69) is 10.5 Å². The molecular weight excluding hydrogens is 134 g/mol. The van der Waals surface area contributed by atoms with Crippen LogP contribution in [0, 0.1) is 11.8 Å². The highest BCUT2D eigenvalue weighted by atomic mass is 16.5. The Morgan fingerprint density at radius 1 is 1.50 bits per heavy atom. The molecule has 0 unspecified atom stereocenters. The van der Waals surface area contributed by atoms with Crippen molar-refractivity contribution in [2.24, 2.45) is 5.73 Å². The number of hydrogen-bond donors (Lipinski definition) is 1. The highest BCUT2D eigenvalue weighted by Crippen LogP contribution is 1.72. The van der Waals surface area contributed by atoms with E-state index in [1.54, 1.807) is 6.92 Å². The Bertz CT molecular complexity index is 199. The van der Waals surface area contributed by atoms with E-state index in [0.717, 1.165) is 0 Å². The summed E-state index contributed by atoms with van der Waals surface area (Å²) in [6.45, 7) is 1.89. The molecule has 0 fully saturated rings. The third kappa shape index (κ3) is 4.65. The SMILES string of the molecule is CCOC(=O)C#CC(N)=O. The lowest BCUT2D eigenvalue weighted by Crippen LogP contribution is -2.08. The molecule has 4 heteroatoms. The molecule has 0 aliphatic rings. The maximum absolute atomic E-state index is 10.3. The number of carbonyl (C=O) groups is 2. The summed E-state index contributed by atoms with van der Waals surface area (Å²) >= 11 is 0. The van der Waals surface area contributed by atoms with Crippen LogP contribution < -0.4 is 5.73 Å². The van der Waals surface area contributed by atoms with E-state index in [1.165, 1.54) is 0 Å². The Hall–Kier alpha value is -1.50.